The van der Waals surface area contributed by atoms with Gasteiger partial charge in [-0.05, 0) is 25.5 Å². The van der Waals surface area contributed by atoms with Gasteiger partial charge in [0.15, 0.2) is 0 Å². The van der Waals surface area contributed by atoms with E-state index in [1.54, 1.807) is 26.1 Å². The zero-order chi connectivity index (χ0) is 12.3. The minimum Gasteiger partial charge on any atom is -0.394 e. The molecule has 0 fully saturated rings. The van der Waals surface area contributed by atoms with Crippen LogP contribution in [0.3, 0.4) is 0 Å². The fourth-order valence-electron chi connectivity index (χ4n) is 1.33. The molecule has 1 atom stereocenters. The first-order valence-electron chi connectivity index (χ1n) is 5.12. The number of likely N-dealkylation sites (N-methyl/N-ethyl adjacent to an activating group) is 1. The molecule has 0 saturated carbocycles. The highest BCUT2D eigenvalue weighted by atomic mass is 35.5. The Balaban J connectivity index is 3.01. The van der Waals surface area contributed by atoms with Crippen LogP contribution in [0.5, 0.6) is 0 Å². The van der Waals surface area contributed by atoms with Crippen molar-refractivity contribution in [3.05, 3.63) is 34.3 Å². The van der Waals surface area contributed by atoms with Crippen LogP contribution in [-0.2, 0) is 0 Å². The van der Waals surface area contributed by atoms with Crippen LogP contribution in [-0.4, -0.2) is 35.6 Å². The Morgan fingerprint density at radius 2 is 2.19 bits per heavy atom. The maximum Gasteiger partial charge on any atom is 0.255 e. The van der Waals surface area contributed by atoms with E-state index in [2.05, 4.69) is 0 Å². The van der Waals surface area contributed by atoms with Gasteiger partial charge in [-0.3, -0.25) is 4.79 Å². The molecule has 0 heterocycles. The van der Waals surface area contributed by atoms with E-state index < -0.39 is 0 Å². The minimum absolute atomic E-state index is 0.0638. The highest BCUT2D eigenvalue weighted by molar-refractivity contribution is 6.34. The number of aliphatic hydroxyl groups excluding tert-OH is 1. The second-order valence-electron chi connectivity index (χ2n) is 3.88. The molecule has 1 unspecified atom stereocenters. The predicted octanol–water partition coefficient (Wildman–Crippen LogP) is 2.10. The molecule has 1 aromatic rings. The molecule has 1 amide bonds. The van der Waals surface area contributed by atoms with Crippen molar-refractivity contribution in [1.82, 2.24) is 4.90 Å². The molecule has 4 heteroatoms. The van der Waals surface area contributed by atoms with Gasteiger partial charge in [-0.1, -0.05) is 23.7 Å². The molecule has 1 N–H and O–H groups in total. The lowest BCUT2D eigenvalue weighted by Crippen LogP contribution is -2.37. The molecule has 88 valence electrons. The van der Waals surface area contributed by atoms with E-state index in [0.29, 0.717) is 10.6 Å². The zero-order valence-electron chi connectivity index (χ0n) is 9.70. The van der Waals surface area contributed by atoms with Gasteiger partial charge in [-0.2, -0.15) is 0 Å². The van der Waals surface area contributed by atoms with Crippen LogP contribution in [0, 0.1) is 6.92 Å². The maximum absolute atomic E-state index is 12.0. The Kier molecular flexibility index (Phi) is 4.33. The summed E-state index contributed by atoms with van der Waals surface area (Å²) in [7, 11) is 1.65. The second kappa shape index (κ2) is 5.32. The minimum atomic E-state index is -0.218. The van der Waals surface area contributed by atoms with Crippen LogP contribution in [0.4, 0.5) is 0 Å². The molecule has 0 aliphatic carbocycles. The smallest absolute Gasteiger partial charge is 0.255 e. The first-order chi connectivity index (χ1) is 7.49. The van der Waals surface area contributed by atoms with Gasteiger partial charge in [0, 0.05) is 7.05 Å². The van der Waals surface area contributed by atoms with Crippen molar-refractivity contribution in [3.63, 3.8) is 0 Å². The van der Waals surface area contributed by atoms with Gasteiger partial charge < -0.3 is 10.0 Å². The van der Waals surface area contributed by atoms with Crippen molar-refractivity contribution in [3.8, 4) is 0 Å². The van der Waals surface area contributed by atoms with Gasteiger partial charge in [0.1, 0.15) is 0 Å². The molecule has 1 rings (SSSR count). The molecule has 0 bridgehead atoms. The molecule has 0 spiro atoms. The van der Waals surface area contributed by atoms with Crippen LogP contribution in [0.25, 0.3) is 0 Å². The van der Waals surface area contributed by atoms with Crippen LogP contribution in [0.1, 0.15) is 22.8 Å². The van der Waals surface area contributed by atoms with Crippen LogP contribution in [0.2, 0.25) is 5.02 Å². The second-order valence-corrected chi connectivity index (χ2v) is 4.26. The molecular formula is C12H16ClNO2. The molecule has 3 nitrogen and oxygen atoms in total. The number of benzene rings is 1. The summed E-state index contributed by atoms with van der Waals surface area (Å²) in [5.41, 5.74) is 1.35. The van der Waals surface area contributed by atoms with Crippen molar-refractivity contribution in [2.24, 2.45) is 0 Å². The number of aryl methyl sites for hydroxylation is 1. The number of halogens is 1. The summed E-state index contributed by atoms with van der Waals surface area (Å²) in [6, 6.07) is 5.13. The third-order valence-corrected chi connectivity index (χ3v) is 3.17. The average molecular weight is 242 g/mol. The zero-order valence-corrected chi connectivity index (χ0v) is 10.5. The Morgan fingerprint density at radius 3 is 2.75 bits per heavy atom. The summed E-state index contributed by atoms with van der Waals surface area (Å²) in [4.78, 5) is 13.5. The summed E-state index contributed by atoms with van der Waals surface area (Å²) in [5, 5.41) is 9.47. The van der Waals surface area contributed by atoms with Crippen molar-refractivity contribution >= 4 is 17.5 Å². The third-order valence-electron chi connectivity index (χ3n) is 2.67. The number of hydrogen-bond acceptors (Lipinski definition) is 2. The van der Waals surface area contributed by atoms with Gasteiger partial charge in [0.25, 0.3) is 5.91 Å². The largest absolute Gasteiger partial charge is 0.394 e. The Morgan fingerprint density at radius 1 is 1.56 bits per heavy atom. The maximum atomic E-state index is 12.0. The number of carbonyl (C=O) groups is 1. The number of nitrogens with zero attached hydrogens (tertiary/aromatic N) is 1. The molecule has 16 heavy (non-hydrogen) atoms. The summed E-state index contributed by atoms with van der Waals surface area (Å²) in [6.07, 6.45) is 0. The van der Waals surface area contributed by atoms with Gasteiger partial charge in [-0.15, -0.1) is 0 Å². The molecular weight excluding hydrogens is 226 g/mol. The molecule has 0 aromatic heterocycles. The molecule has 0 saturated heterocycles. The normalized spacial score (nSPS) is 12.3. The van der Waals surface area contributed by atoms with Gasteiger partial charge in [-0.25, -0.2) is 0 Å². The fraction of sp³-hybridized carbons (Fsp3) is 0.417. The lowest BCUT2D eigenvalue weighted by molar-refractivity contribution is 0.0682. The SMILES string of the molecule is Cc1cccc(C(=O)N(C)C(C)CO)c1Cl. The Bertz CT molecular complexity index is 393. The van der Waals surface area contributed by atoms with Crippen LogP contribution >= 0.6 is 11.6 Å². The van der Waals surface area contributed by atoms with E-state index in [-0.39, 0.29) is 18.6 Å². The summed E-state index contributed by atoms with van der Waals surface area (Å²) in [5.74, 6) is -0.171. The first-order valence-corrected chi connectivity index (χ1v) is 5.50. The number of aliphatic hydroxyl groups is 1. The lowest BCUT2D eigenvalue weighted by atomic mass is 10.1. The monoisotopic (exact) mass is 241 g/mol. The molecule has 1 aromatic carbocycles. The number of rotatable bonds is 3. The van der Waals surface area contributed by atoms with E-state index >= 15 is 0 Å². The van der Waals surface area contributed by atoms with Crippen molar-refractivity contribution in [2.75, 3.05) is 13.7 Å². The number of hydrogen-bond donors (Lipinski definition) is 1. The number of carbonyl (C=O) groups excluding carboxylic acids is 1. The highest BCUT2D eigenvalue weighted by Crippen LogP contribution is 2.21. The summed E-state index contributed by atoms with van der Waals surface area (Å²) in [6.45, 7) is 3.57. The lowest BCUT2D eigenvalue weighted by Gasteiger charge is -2.23. The quantitative estimate of drug-likeness (QED) is 0.881. The Hall–Kier alpha value is -1.06. The van der Waals surface area contributed by atoms with Gasteiger partial charge in [0.05, 0.1) is 23.2 Å². The molecule has 0 radical (unpaired) electrons. The van der Waals surface area contributed by atoms with Gasteiger partial charge >= 0.3 is 0 Å². The summed E-state index contributed by atoms with van der Waals surface area (Å²) >= 11 is 6.07. The van der Waals surface area contributed by atoms with E-state index in [1.807, 2.05) is 13.0 Å². The molecule has 0 aliphatic rings. The predicted molar refractivity (Wildman–Crippen MR) is 64.8 cm³/mol. The van der Waals surface area contributed by atoms with E-state index in [9.17, 15) is 4.79 Å². The number of amides is 1. The van der Waals surface area contributed by atoms with E-state index in [1.165, 1.54) is 4.90 Å². The first kappa shape index (κ1) is 13.0. The average Bonchev–Trinajstić information content (AvgIpc) is 2.29. The van der Waals surface area contributed by atoms with Crippen LogP contribution < -0.4 is 0 Å². The topological polar surface area (TPSA) is 40.5 Å². The summed E-state index contributed by atoms with van der Waals surface area (Å²) < 4.78 is 0. The van der Waals surface area contributed by atoms with Gasteiger partial charge in [0.2, 0.25) is 0 Å². The van der Waals surface area contributed by atoms with Crippen molar-refractivity contribution < 1.29 is 9.90 Å². The Labute approximate surface area is 101 Å². The molecule has 0 aliphatic heterocycles. The highest BCUT2D eigenvalue weighted by Gasteiger charge is 2.19. The van der Waals surface area contributed by atoms with E-state index in [0.717, 1.165) is 5.56 Å². The fourth-order valence-corrected chi connectivity index (χ4v) is 1.53. The third kappa shape index (κ3) is 2.54. The van der Waals surface area contributed by atoms with Crippen molar-refractivity contribution in [1.29, 1.82) is 0 Å². The van der Waals surface area contributed by atoms with Crippen molar-refractivity contribution in [2.45, 2.75) is 19.9 Å². The van der Waals surface area contributed by atoms with E-state index in [4.69, 9.17) is 16.7 Å². The standard InChI is InChI=1S/C12H16ClNO2/c1-8-5-4-6-10(11(8)13)12(16)14(3)9(2)7-15/h4-6,9,15H,7H2,1-3H3. The van der Waals surface area contributed by atoms with Crippen LogP contribution in [0.15, 0.2) is 18.2 Å².